The van der Waals surface area contributed by atoms with Gasteiger partial charge in [0, 0.05) is 13.1 Å². The van der Waals surface area contributed by atoms with Gasteiger partial charge in [0.05, 0.1) is 14.2 Å². The predicted molar refractivity (Wildman–Crippen MR) is 74.9 cm³/mol. The van der Waals surface area contributed by atoms with Crippen molar-refractivity contribution in [1.29, 1.82) is 0 Å². The Labute approximate surface area is 114 Å². The molecule has 0 amide bonds. The molecule has 4 heteroatoms. The normalized spacial score (nSPS) is 20.3. The fraction of sp³-hybridized carbons (Fsp3) is 0.600. The molecular weight excluding hydrogens is 242 g/mol. The maximum atomic E-state index is 9.90. The zero-order valence-electron chi connectivity index (χ0n) is 12.0. The molecule has 0 aliphatic carbocycles. The molecule has 1 saturated heterocycles. The number of rotatable bonds is 4. The van der Waals surface area contributed by atoms with Crippen molar-refractivity contribution in [1.82, 2.24) is 4.90 Å². The average molecular weight is 265 g/mol. The summed E-state index contributed by atoms with van der Waals surface area (Å²) < 4.78 is 10.4. The van der Waals surface area contributed by atoms with Crippen LogP contribution in [0.2, 0.25) is 0 Å². The van der Waals surface area contributed by atoms with Crippen molar-refractivity contribution in [2.75, 3.05) is 27.3 Å². The van der Waals surface area contributed by atoms with Crippen molar-refractivity contribution < 1.29 is 14.6 Å². The summed E-state index contributed by atoms with van der Waals surface area (Å²) in [5.41, 5.74) is 1.11. The van der Waals surface area contributed by atoms with Gasteiger partial charge < -0.3 is 14.6 Å². The third-order valence-corrected chi connectivity index (χ3v) is 3.69. The standard InChI is InChI=1S/C15H23NO3/c1-11-5-4-6-16(9-11)10-12-7-13(18-2)15(17)14(8-12)19-3/h7-8,11,17H,4-6,9-10H2,1-3H3. The van der Waals surface area contributed by atoms with Crippen LogP contribution >= 0.6 is 0 Å². The first-order chi connectivity index (χ1) is 9.13. The Morgan fingerprint density at radius 1 is 1.26 bits per heavy atom. The van der Waals surface area contributed by atoms with Gasteiger partial charge in [-0.3, -0.25) is 4.90 Å². The third-order valence-electron chi connectivity index (χ3n) is 3.69. The van der Waals surface area contributed by atoms with E-state index in [-0.39, 0.29) is 5.75 Å². The van der Waals surface area contributed by atoms with Crippen LogP contribution in [-0.2, 0) is 6.54 Å². The SMILES string of the molecule is COc1cc(CN2CCCC(C)C2)cc(OC)c1O. The lowest BCUT2D eigenvalue weighted by molar-refractivity contribution is 0.176. The summed E-state index contributed by atoms with van der Waals surface area (Å²) >= 11 is 0. The molecule has 4 nitrogen and oxygen atoms in total. The number of ether oxygens (including phenoxy) is 2. The van der Waals surface area contributed by atoms with Crippen molar-refractivity contribution in [2.24, 2.45) is 5.92 Å². The molecule has 1 aromatic carbocycles. The summed E-state index contributed by atoms with van der Waals surface area (Å²) in [6, 6.07) is 3.77. The number of hydrogen-bond acceptors (Lipinski definition) is 4. The maximum absolute atomic E-state index is 9.90. The fourth-order valence-corrected chi connectivity index (χ4v) is 2.73. The van der Waals surface area contributed by atoms with Crippen molar-refractivity contribution in [3.63, 3.8) is 0 Å². The molecule has 0 radical (unpaired) electrons. The molecule has 0 bridgehead atoms. The van der Waals surface area contributed by atoms with Gasteiger partial charge in [-0.15, -0.1) is 0 Å². The van der Waals surface area contributed by atoms with E-state index in [4.69, 9.17) is 9.47 Å². The predicted octanol–water partition coefficient (Wildman–Crippen LogP) is 2.64. The van der Waals surface area contributed by atoms with Gasteiger partial charge in [0.15, 0.2) is 11.5 Å². The van der Waals surface area contributed by atoms with Crippen LogP contribution in [0.1, 0.15) is 25.3 Å². The zero-order chi connectivity index (χ0) is 13.8. The highest BCUT2D eigenvalue weighted by atomic mass is 16.5. The van der Waals surface area contributed by atoms with E-state index in [1.54, 1.807) is 14.2 Å². The lowest BCUT2D eigenvalue weighted by atomic mass is 10.00. The number of methoxy groups -OCH3 is 2. The van der Waals surface area contributed by atoms with Gasteiger partial charge in [0.2, 0.25) is 5.75 Å². The third kappa shape index (κ3) is 3.32. The summed E-state index contributed by atoms with van der Waals surface area (Å²) in [4.78, 5) is 2.44. The minimum absolute atomic E-state index is 0.0702. The molecule has 0 aromatic heterocycles. The highest BCUT2D eigenvalue weighted by Crippen LogP contribution is 2.37. The lowest BCUT2D eigenvalue weighted by Crippen LogP contribution is -2.33. The Kier molecular flexibility index (Phi) is 4.53. The second kappa shape index (κ2) is 6.15. The van der Waals surface area contributed by atoms with Gasteiger partial charge in [0.25, 0.3) is 0 Å². The number of benzene rings is 1. The molecule has 1 aliphatic rings. The van der Waals surface area contributed by atoms with Crippen molar-refractivity contribution >= 4 is 0 Å². The summed E-state index contributed by atoms with van der Waals surface area (Å²) in [6.45, 7) is 5.43. The number of hydrogen-bond donors (Lipinski definition) is 1. The monoisotopic (exact) mass is 265 g/mol. The highest BCUT2D eigenvalue weighted by Gasteiger charge is 2.18. The Balaban J connectivity index is 2.15. The molecule has 1 atom stereocenters. The second-order valence-corrected chi connectivity index (χ2v) is 5.33. The molecule has 106 valence electrons. The van der Waals surface area contributed by atoms with Crippen LogP contribution in [0.5, 0.6) is 17.2 Å². The van der Waals surface area contributed by atoms with Gasteiger partial charge in [-0.2, -0.15) is 0 Å². The van der Waals surface area contributed by atoms with Gasteiger partial charge in [-0.25, -0.2) is 0 Å². The minimum Gasteiger partial charge on any atom is -0.502 e. The summed E-state index contributed by atoms with van der Waals surface area (Å²) in [7, 11) is 3.11. The van der Waals surface area contributed by atoms with E-state index in [2.05, 4.69) is 11.8 Å². The van der Waals surface area contributed by atoms with Gasteiger partial charge >= 0.3 is 0 Å². The molecule has 19 heavy (non-hydrogen) atoms. The van der Waals surface area contributed by atoms with Crippen LogP contribution < -0.4 is 9.47 Å². The topological polar surface area (TPSA) is 41.9 Å². The quantitative estimate of drug-likeness (QED) is 0.908. The number of phenolic OH excluding ortho intramolecular Hbond substituents is 1. The Bertz CT molecular complexity index is 408. The van der Waals surface area contributed by atoms with E-state index in [1.165, 1.54) is 12.8 Å². The fourth-order valence-electron chi connectivity index (χ4n) is 2.73. The molecule has 1 heterocycles. The van der Waals surface area contributed by atoms with Crippen LogP contribution in [0.3, 0.4) is 0 Å². The van der Waals surface area contributed by atoms with Crippen molar-refractivity contribution in [3.05, 3.63) is 17.7 Å². The number of phenols is 1. The molecule has 1 N–H and O–H groups in total. The first-order valence-electron chi connectivity index (χ1n) is 6.80. The molecule has 1 aromatic rings. The molecule has 0 spiro atoms. The molecule has 1 fully saturated rings. The summed E-state index contributed by atoms with van der Waals surface area (Å²) in [5.74, 6) is 1.77. The summed E-state index contributed by atoms with van der Waals surface area (Å²) in [6.07, 6.45) is 2.58. The molecule has 0 saturated carbocycles. The van der Waals surface area contributed by atoms with E-state index < -0.39 is 0 Å². The van der Waals surface area contributed by atoms with Crippen LogP contribution in [0.15, 0.2) is 12.1 Å². The van der Waals surface area contributed by atoms with Crippen LogP contribution in [0.25, 0.3) is 0 Å². The molecule has 2 rings (SSSR count). The number of aromatic hydroxyl groups is 1. The van der Waals surface area contributed by atoms with Crippen molar-refractivity contribution in [3.8, 4) is 17.2 Å². The summed E-state index contributed by atoms with van der Waals surface area (Å²) in [5, 5.41) is 9.90. The van der Waals surface area contributed by atoms with E-state index in [9.17, 15) is 5.11 Å². The Morgan fingerprint density at radius 2 is 1.89 bits per heavy atom. The smallest absolute Gasteiger partial charge is 0.200 e. The molecule has 1 unspecified atom stereocenters. The average Bonchev–Trinajstić information content (AvgIpc) is 2.40. The van der Waals surface area contributed by atoms with E-state index in [0.717, 1.165) is 31.1 Å². The van der Waals surface area contributed by atoms with Crippen LogP contribution in [-0.4, -0.2) is 37.3 Å². The minimum atomic E-state index is 0.0702. The van der Waals surface area contributed by atoms with E-state index >= 15 is 0 Å². The molecular formula is C15H23NO3. The lowest BCUT2D eigenvalue weighted by Gasteiger charge is -2.31. The van der Waals surface area contributed by atoms with Crippen LogP contribution in [0, 0.1) is 5.92 Å². The Hall–Kier alpha value is -1.42. The number of piperidine rings is 1. The zero-order valence-corrected chi connectivity index (χ0v) is 12.0. The largest absolute Gasteiger partial charge is 0.502 e. The first-order valence-corrected chi connectivity index (χ1v) is 6.80. The van der Waals surface area contributed by atoms with E-state index in [1.807, 2.05) is 12.1 Å². The van der Waals surface area contributed by atoms with Crippen molar-refractivity contribution in [2.45, 2.75) is 26.3 Å². The molecule has 1 aliphatic heterocycles. The van der Waals surface area contributed by atoms with Gasteiger partial charge in [0.1, 0.15) is 0 Å². The highest BCUT2D eigenvalue weighted by molar-refractivity contribution is 5.52. The number of nitrogens with zero attached hydrogens (tertiary/aromatic N) is 1. The Morgan fingerprint density at radius 3 is 2.42 bits per heavy atom. The van der Waals surface area contributed by atoms with Gasteiger partial charge in [-0.1, -0.05) is 6.92 Å². The van der Waals surface area contributed by atoms with Gasteiger partial charge in [-0.05, 0) is 43.0 Å². The second-order valence-electron chi connectivity index (χ2n) is 5.33. The first kappa shape index (κ1) is 14.0. The van der Waals surface area contributed by atoms with Crippen LogP contribution in [0.4, 0.5) is 0 Å². The number of likely N-dealkylation sites (tertiary alicyclic amines) is 1. The maximum Gasteiger partial charge on any atom is 0.200 e. The van der Waals surface area contributed by atoms with E-state index in [0.29, 0.717) is 11.5 Å².